The van der Waals surface area contributed by atoms with Gasteiger partial charge in [0.15, 0.2) is 0 Å². The summed E-state index contributed by atoms with van der Waals surface area (Å²) in [6, 6.07) is 6.19. The van der Waals surface area contributed by atoms with E-state index in [1.165, 1.54) is 16.4 Å². The molecule has 0 amide bonds. The third-order valence-electron chi connectivity index (χ3n) is 2.91. The van der Waals surface area contributed by atoms with Gasteiger partial charge in [0, 0.05) is 18.7 Å². The molecule has 0 heterocycles. The SMILES string of the molecule is CCCCN(CCO)S(=O)(=O)c1ccc(C#CCO)cc1. The topological polar surface area (TPSA) is 77.8 Å². The van der Waals surface area contributed by atoms with Gasteiger partial charge in [-0.15, -0.1) is 0 Å². The van der Waals surface area contributed by atoms with E-state index >= 15 is 0 Å². The van der Waals surface area contributed by atoms with E-state index < -0.39 is 10.0 Å². The van der Waals surface area contributed by atoms with Crippen LogP contribution < -0.4 is 0 Å². The van der Waals surface area contributed by atoms with E-state index in [4.69, 9.17) is 10.2 Å². The number of hydrogen-bond acceptors (Lipinski definition) is 4. The number of unbranched alkanes of at least 4 members (excludes halogenated alkanes) is 1. The van der Waals surface area contributed by atoms with Gasteiger partial charge in [-0.2, -0.15) is 4.31 Å². The molecule has 0 bridgehead atoms. The quantitative estimate of drug-likeness (QED) is 0.731. The van der Waals surface area contributed by atoms with Gasteiger partial charge in [-0.05, 0) is 30.7 Å². The fourth-order valence-corrected chi connectivity index (χ4v) is 3.27. The zero-order valence-corrected chi connectivity index (χ0v) is 12.9. The van der Waals surface area contributed by atoms with E-state index in [-0.39, 0.29) is 24.7 Å². The zero-order chi connectivity index (χ0) is 15.7. The summed E-state index contributed by atoms with van der Waals surface area (Å²) < 4.78 is 26.3. The fourth-order valence-electron chi connectivity index (χ4n) is 1.80. The molecule has 0 aromatic heterocycles. The number of rotatable bonds is 7. The summed E-state index contributed by atoms with van der Waals surface area (Å²) in [6.07, 6.45) is 1.63. The molecule has 0 fully saturated rings. The second kappa shape index (κ2) is 8.80. The van der Waals surface area contributed by atoms with E-state index in [1.807, 2.05) is 6.92 Å². The van der Waals surface area contributed by atoms with Crippen molar-refractivity contribution in [3.63, 3.8) is 0 Å². The molecule has 1 aromatic carbocycles. The lowest BCUT2D eigenvalue weighted by atomic mass is 10.2. The number of sulfonamides is 1. The number of aliphatic hydroxyl groups is 2. The van der Waals surface area contributed by atoms with Gasteiger partial charge in [0.25, 0.3) is 0 Å². The molecular weight excluding hydrogens is 290 g/mol. The Hall–Kier alpha value is -1.39. The molecule has 0 aliphatic heterocycles. The third kappa shape index (κ3) is 5.14. The van der Waals surface area contributed by atoms with Gasteiger partial charge in [0.2, 0.25) is 10.0 Å². The largest absolute Gasteiger partial charge is 0.395 e. The maximum atomic E-state index is 12.5. The molecule has 1 rings (SSSR count). The molecule has 0 radical (unpaired) electrons. The van der Waals surface area contributed by atoms with Crippen molar-refractivity contribution in [3.8, 4) is 11.8 Å². The van der Waals surface area contributed by atoms with E-state index in [0.717, 1.165) is 12.8 Å². The highest BCUT2D eigenvalue weighted by Crippen LogP contribution is 2.16. The van der Waals surface area contributed by atoms with Crippen LogP contribution in [0.15, 0.2) is 29.2 Å². The maximum absolute atomic E-state index is 12.5. The summed E-state index contributed by atoms with van der Waals surface area (Å²) in [5, 5.41) is 17.7. The standard InChI is InChI=1S/C15H21NO4S/c1-2-3-10-16(11-13-18)21(19,20)15-8-6-14(7-9-15)5-4-12-17/h6-9,17-18H,2-3,10-13H2,1H3. The Morgan fingerprint density at radius 3 is 2.33 bits per heavy atom. The summed E-state index contributed by atoms with van der Waals surface area (Å²) in [7, 11) is -3.60. The van der Waals surface area contributed by atoms with Crippen molar-refractivity contribution < 1.29 is 18.6 Å². The zero-order valence-electron chi connectivity index (χ0n) is 12.1. The van der Waals surface area contributed by atoms with Crippen LogP contribution in [0.1, 0.15) is 25.3 Å². The predicted molar refractivity (Wildman–Crippen MR) is 81.2 cm³/mol. The monoisotopic (exact) mass is 311 g/mol. The molecule has 5 nitrogen and oxygen atoms in total. The highest BCUT2D eigenvalue weighted by molar-refractivity contribution is 7.89. The van der Waals surface area contributed by atoms with Crippen molar-refractivity contribution in [1.82, 2.24) is 4.31 Å². The van der Waals surface area contributed by atoms with E-state index in [9.17, 15) is 8.42 Å². The first kappa shape index (κ1) is 17.7. The molecule has 0 spiro atoms. The van der Waals surface area contributed by atoms with Crippen molar-refractivity contribution in [2.75, 3.05) is 26.3 Å². The average molecular weight is 311 g/mol. The second-order valence-electron chi connectivity index (χ2n) is 4.47. The molecular formula is C15H21NO4S. The van der Waals surface area contributed by atoms with Gasteiger partial charge < -0.3 is 10.2 Å². The van der Waals surface area contributed by atoms with Crippen LogP contribution in [0.4, 0.5) is 0 Å². The molecule has 0 atom stereocenters. The summed E-state index contributed by atoms with van der Waals surface area (Å²) in [5.74, 6) is 5.22. The molecule has 6 heteroatoms. The fraction of sp³-hybridized carbons (Fsp3) is 0.467. The second-order valence-corrected chi connectivity index (χ2v) is 6.40. The Kier molecular flexibility index (Phi) is 7.40. The molecule has 0 unspecified atom stereocenters. The van der Waals surface area contributed by atoms with Crippen LogP contribution in [-0.2, 0) is 10.0 Å². The van der Waals surface area contributed by atoms with Gasteiger partial charge in [-0.3, -0.25) is 0 Å². The van der Waals surface area contributed by atoms with Crippen molar-refractivity contribution in [1.29, 1.82) is 0 Å². The molecule has 116 valence electrons. The smallest absolute Gasteiger partial charge is 0.243 e. The summed E-state index contributed by atoms with van der Waals surface area (Å²) in [4.78, 5) is 0.182. The predicted octanol–water partition coefficient (Wildman–Crippen LogP) is 0.813. The van der Waals surface area contributed by atoms with Crippen LogP contribution in [0.25, 0.3) is 0 Å². The summed E-state index contributed by atoms with van der Waals surface area (Å²) >= 11 is 0. The minimum Gasteiger partial charge on any atom is -0.395 e. The lowest BCUT2D eigenvalue weighted by Crippen LogP contribution is -2.34. The van der Waals surface area contributed by atoms with Crippen LogP contribution in [0, 0.1) is 11.8 Å². The molecule has 0 saturated heterocycles. The Morgan fingerprint density at radius 2 is 1.81 bits per heavy atom. The Bertz CT molecular complexity index is 584. The first-order valence-electron chi connectivity index (χ1n) is 6.87. The lowest BCUT2D eigenvalue weighted by Gasteiger charge is -2.21. The van der Waals surface area contributed by atoms with Crippen molar-refractivity contribution in [2.24, 2.45) is 0 Å². The molecule has 2 N–H and O–H groups in total. The third-order valence-corrected chi connectivity index (χ3v) is 4.83. The number of nitrogens with zero attached hydrogens (tertiary/aromatic N) is 1. The molecule has 0 saturated carbocycles. The normalized spacial score (nSPS) is 11.2. The summed E-state index contributed by atoms with van der Waals surface area (Å²) in [6.45, 7) is 2.03. The molecule has 21 heavy (non-hydrogen) atoms. The van der Waals surface area contributed by atoms with Crippen LogP contribution in [0.3, 0.4) is 0 Å². The molecule has 0 aliphatic carbocycles. The average Bonchev–Trinajstić information content (AvgIpc) is 2.49. The minimum atomic E-state index is -3.60. The van der Waals surface area contributed by atoms with E-state index in [1.54, 1.807) is 12.1 Å². The van der Waals surface area contributed by atoms with E-state index in [2.05, 4.69) is 11.8 Å². The Balaban J connectivity index is 2.98. The first-order chi connectivity index (χ1) is 10.1. The van der Waals surface area contributed by atoms with Gasteiger partial charge >= 0.3 is 0 Å². The van der Waals surface area contributed by atoms with E-state index in [0.29, 0.717) is 12.1 Å². The van der Waals surface area contributed by atoms with Crippen LogP contribution in [-0.4, -0.2) is 49.2 Å². The summed E-state index contributed by atoms with van der Waals surface area (Å²) in [5.41, 5.74) is 0.644. The van der Waals surface area contributed by atoms with Crippen molar-refractivity contribution >= 4 is 10.0 Å². The van der Waals surface area contributed by atoms with Crippen molar-refractivity contribution in [2.45, 2.75) is 24.7 Å². The number of benzene rings is 1. The Morgan fingerprint density at radius 1 is 1.14 bits per heavy atom. The highest BCUT2D eigenvalue weighted by atomic mass is 32.2. The maximum Gasteiger partial charge on any atom is 0.243 e. The van der Waals surface area contributed by atoms with Crippen molar-refractivity contribution in [3.05, 3.63) is 29.8 Å². The lowest BCUT2D eigenvalue weighted by molar-refractivity contribution is 0.252. The number of hydrogen-bond donors (Lipinski definition) is 2. The van der Waals surface area contributed by atoms with Crippen LogP contribution in [0.5, 0.6) is 0 Å². The number of aliphatic hydroxyl groups excluding tert-OH is 2. The first-order valence-corrected chi connectivity index (χ1v) is 8.31. The Labute approximate surface area is 126 Å². The van der Waals surface area contributed by atoms with Gasteiger partial charge in [-0.25, -0.2) is 8.42 Å². The van der Waals surface area contributed by atoms with Gasteiger partial charge in [-0.1, -0.05) is 25.2 Å². The van der Waals surface area contributed by atoms with Crippen LogP contribution in [0.2, 0.25) is 0 Å². The van der Waals surface area contributed by atoms with Gasteiger partial charge in [0.05, 0.1) is 11.5 Å². The van der Waals surface area contributed by atoms with Gasteiger partial charge in [0.1, 0.15) is 6.61 Å². The molecule has 0 aliphatic rings. The highest BCUT2D eigenvalue weighted by Gasteiger charge is 2.23. The minimum absolute atomic E-state index is 0.0917. The van der Waals surface area contributed by atoms with Crippen LogP contribution >= 0.6 is 0 Å². The molecule has 1 aromatic rings.